The van der Waals surface area contributed by atoms with Crippen molar-refractivity contribution in [1.82, 2.24) is 0 Å². The largest absolute Gasteiger partial charge is 0.497 e. The van der Waals surface area contributed by atoms with E-state index in [2.05, 4.69) is 4.99 Å². The van der Waals surface area contributed by atoms with Crippen molar-refractivity contribution < 1.29 is 13.9 Å². The zero-order chi connectivity index (χ0) is 22.8. The minimum absolute atomic E-state index is 0.207. The van der Waals surface area contributed by atoms with Gasteiger partial charge in [0, 0.05) is 17.0 Å². The number of aliphatic imine (C=N–C) groups is 1. The monoisotopic (exact) mass is 470 g/mol. The van der Waals surface area contributed by atoms with E-state index in [1.807, 2.05) is 49.4 Å². The molecule has 1 heterocycles. The van der Waals surface area contributed by atoms with E-state index in [0.717, 1.165) is 16.9 Å². The Morgan fingerprint density at radius 3 is 2.50 bits per heavy atom. The molecule has 0 N–H and O–H groups in total. The van der Waals surface area contributed by atoms with Gasteiger partial charge in [-0.05, 0) is 54.4 Å². The highest BCUT2D eigenvalue weighted by molar-refractivity contribution is 6.70. The van der Waals surface area contributed by atoms with E-state index in [0.29, 0.717) is 23.4 Å². The van der Waals surface area contributed by atoms with Gasteiger partial charge >= 0.3 is 0 Å². The molecule has 32 heavy (non-hydrogen) atoms. The standard InChI is InChI=1S/C25H21Cl2FN2O2/c1-15-3-10-23-20(11-15)24(27)29-22(12-17-6-7-18(28)13-21(17)26)25(31)30(23)14-16-4-8-19(32-2)9-5-16/h3-11,13,22H,12,14H2,1-2H3. The molecule has 1 amide bonds. The number of nitrogens with zero attached hydrogens (tertiary/aromatic N) is 2. The van der Waals surface area contributed by atoms with Gasteiger partial charge in [-0.15, -0.1) is 0 Å². The summed E-state index contributed by atoms with van der Waals surface area (Å²) in [6.45, 7) is 2.30. The Morgan fingerprint density at radius 2 is 1.81 bits per heavy atom. The molecule has 4 rings (SSSR count). The van der Waals surface area contributed by atoms with Crippen molar-refractivity contribution in [3.63, 3.8) is 0 Å². The van der Waals surface area contributed by atoms with Gasteiger partial charge in [-0.1, -0.05) is 53.0 Å². The average molecular weight is 471 g/mol. The highest BCUT2D eigenvalue weighted by Crippen LogP contribution is 2.31. The molecule has 0 radical (unpaired) electrons. The fourth-order valence-electron chi connectivity index (χ4n) is 3.72. The van der Waals surface area contributed by atoms with Crippen LogP contribution < -0.4 is 9.64 Å². The fourth-order valence-corrected chi connectivity index (χ4v) is 4.23. The van der Waals surface area contributed by atoms with Crippen LogP contribution in [-0.4, -0.2) is 24.2 Å². The minimum Gasteiger partial charge on any atom is -0.497 e. The summed E-state index contributed by atoms with van der Waals surface area (Å²) in [5, 5.41) is 0.515. The lowest BCUT2D eigenvalue weighted by Crippen LogP contribution is -2.38. The SMILES string of the molecule is COc1ccc(CN2C(=O)C(Cc3ccc(F)cc3Cl)N=C(Cl)c3cc(C)ccc32)cc1. The van der Waals surface area contributed by atoms with Crippen LogP contribution in [0.3, 0.4) is 0 Å². The molecular formula is C25H21Cl2FN2O2. The molecule has 0 saturated heterocycles. The molecule has 0 aliphatic carbocycles. The van der Waals surface area contributed by atoms with Crippen LogP contribution >= 0.6 is 23.2 Å². The van der Waals surface area contributed by atoms with E-state index >= 15 is 0 Å². The average Bonchev–Trinajstić information content (AvgIpc) is 2.87. The van der Waals surface area contributed by atoms with Crippen LogP contribution in [0.1, 0.15) is 22.3 Å². The van der Waals surface area contributed by atoms with Gasteiger partial charge in [-0.2, -0.15) is 0 Å². The molecule has 3 aromatic rings. The molecule has 1 unspecified atom stereocenters. The van der Waals surface area contributed by atoms with E-state index < -0.39 is 11.9 Å². The Kier molecular flexibility index (Phi) is 6.49. The van der Waals surface area contributed by atoms with E-state index in [-0.39, 0.29) is 22.5 Å². The van der Waals surface area contributed by atoms with Gasteiger partial charge in [0.25, 0.3) is 5.91 Å². The molecular weight excluding hydrogens is 450 g/mol. The number of rotatable bonds is 5. The van der Waals surface area contributed by atoms with Crippen molar-refractivity contribution in [2.24, 2.45) is 4.99 Å². The first-order valence-corrected chi connectivity index (χ1v) is 10.8. The number of benzene rings is 3. The number of benzodiazepines with no additional fused rings is 1. The third-order valence-electron chi connectivity index (χ3n) is 5.41. The van der Waals surface area contributed by atoms with Crippen LogP contribution in [0.4, 0.5) is 10.1 Å². The number of anilines is 1. The first-order chi connectivity index (χ1) is 15.4. The predicted molar refractivity (Wildman–Crippen MR) is 127 cm³/mol. The van der Waals surface area contributed by atoms with Crippen molar-refractivity contribution in [3.8, 4) is 5.75 Å². The molecule has 0 saturated carbocycles. The summed E-state index contributed by atoms with van der Waals surface area (Å²) in [4.78, 5) is 19.9. The molecule has 4 nitrogen and oxygen atoms in total. The lowest BCUT2D eigenvalue weighted by atomic mass is 10.0. The van der Waals surface area contributed by atoms with Crippen molar-refractivity contribution in [2.75, 3.05) is 12.0 Å². The molecule has 164 valence electrons. The van der Waals surface area contributed by atoms with Crippen molar-refractivity contribution >= 4 is 40.0 Å². The van der Waals surface area contributed by atoms with Gasteiger partial charge in [0.15, 0.2) is 0 Å². The molecule has 0 bridgehead atoms. The second-order valence-electron chi connectivity index (χ2n) is 7.67. The Labute approximate surface area is 196 Å². The van der Waals surface area contributed by atoms with Crippen molar-refractivity contribution in [2.45, 2.75) is 25.9 Å². The fraction of sp³-hybridized carbons (Fsp3) is 0.200. The quantitative estimate of drug-likeness (QED) is 0.462. The predicted octanol–water partition coefficient (Wildman–Crippen LogP) is 5.94. The highest BCUT2D eigenvalue weighted by Gasteiger charge is 2.32. The maximum Gasteiger partial charge on any atom is 0.252 e. The van der Waals surface area contributed by atoms with Crippen LogP contribution in [-0.2, 0) is 17.8 Å². The number of carbonyl (C=O) groups excluding carboxylic acids is 1. The third kappa shape index (κ3) is 4.64. The van der Waals surface area contributed by atoms with E-state index in [1.165, 1.54) is 12.1 Å². The summed E-state index contributed by atoms with van der Waals surface area (Å²) in [5.41, 5.74) is 3.96. The number of aryl methyl sites for hydroxylation is 1. The molecule has 0 fully saturated rings. The number of hydrogen-bond acceptors (Lipinski definition) is 3. The van der Waals surface area contributed by atoms with Gasteiger partial charge in [-0.3, -0.25) is 9.79 Å². The number of amides is 1. The number of carbonyl (C=O) groups is 1. The highest BCUT2D eigenvalue weighted by atomic mass is 35.5. The molecule has 1 atom stereocenters. The molecule has 1 aliphatic rings. The van der Waals surface area contributed by atoms with E-state index in [1.54, 1.807) is 18.1 Å². The molecule has 3 aromatic carbocycles. The zero-order valence-corrected chi connectivity index (χ0v) is 19.1. The summed E-state index contributed by atoms with van der Waals surface area (Å²) in [7, 11) is 1.61. The Balaban J connectivity index is 1.74. The Bertz CT molecular complexity index is 1200. The smallest absolute Gasteiger partial charge is 0.252 e. The van der Waals surface area contributed by atoms with Crippen LogP contribution in [0, 0.1) is 12.7 Å². The minimum atomic E-state index is -0.795. The summed E-state index contributed by atoms with van der Waals surface area (Å²) in [5.74, 6) is 0.0978. The van der Waals surface area contributed by atoms with Gasteiger partial charge in [0.1, 0.15) is 22.8 Å². The third-order valence-corrected chi connectivity index (χ3v) is 6.07. The summed E-state index contributed by atoms with van der Waals surface area (Å²) in [6, 6.07) is 16.6. The molecule has 0 aromatic heterocycles. The first-order valence-electron chi connectivity index (χ1n) is 10.1. The van der Waals surface area contributed by atoms with Crippen molar-refractivity contribution in [1.29, 1.82) is 0 Å². The van der Waals surface area contributed by atoms with Crippen LogP contribution in [0.25, 0.3) is 0 Å². The van der Waals surface area contributed by atoms with E-state index in [9.17, 15) is 9.18 Å². The maximum atomic E-state index is 13.7. The number of halogens is 3. The number of methoxy groups -OCH3 is 1. The lowest BCUT2D eigenvalue weighted by molar-refractivity contribution is -0.119. The van der Waals surface area contributed by atoms with Crippen LogP contribution in [0.5, 0.6) is 5.75 Å². The van der Waals surface area contributed by atoms with Crippen LogP contribution in [0.15, 0.2) is 65.7 Å². The maximum absolute atomic E-state index is 13.7. The second-order valence-corrected chi connectivity index (χ2v) is 8.43. The zero-order valence-electron chi connectivity index (χ0n) is 17.6. The lowest BCUT2D eigenvalue weighted by Gasteiger charge is -2.26. The van der Waals surface area contributed by atoms with Gasteiger partial charge in [-0.25, -0.2) is 4.39 Å². The van der Waals surface area contributed by atoms with Crippen LogP contribution in [0.2, 0.25) is 5.02 Å². The Hall–Kier alpha value is -2.89. The number of fused-ring (bicyclic) bond motifs is 1. The van der Waals surface area contributed by atoms with Gasteiger partial charge < -0.3 is 9.64 Å². The van der Waals surface area contributed by atoms with Crippen molar-refractivity contribution in [3.05, 3.63) is 93.8 Å². The summed E-state index contributed by atoms with van der Waals surface area (Å²) < 4.78 is 18.7. The second kappa shape index (κ2) is 9.31. The normalized spacial score (nSPS) is 15.8. The van der Waals surface area contributed by atoms with Gasteiger partial charge in [0.05, 0.1) is 19.3 Å². The topological polar surface area (TPSA) is 41.9 Å². The summed E-state index contributed by atoms with van der Waals surface area (Å²) in [6.07, 6.45) is 0.209. The number of ether oxygens (including phenoxy) is 1. The van der Waals surface area contributed by atoms with Gasteiger partial charge in [0.2, 0.25) is 0 Å². The molecule has 1 aliphatic heterocycles. The first kappa shape index (κ1) is 22.3. The molecule has 7 heteroatoms. The molecule has 0 spiro atoms. The Morgan fingerprint density at radius 1 is 1.06 bits per heavy atom. The number of hydrogen-bond donors (Lipinski definition) is 0. The van der Waals surface area contributed by atoms with E-state index in [4.69, 9.17) is 27.9 Å². The summed E-state index contributed by atoms with van der Waals surface area (Å²) >= 11 is 12.8.